The first-order valence-electron chi connectivity index (χ1n) is 19.2. The molecule has 0 unspecified atom stereocenters. The molecule has 5 rings (SSSR count). The van der Waals surface area contributed by atoms with Gasteiger partial charge >= 0.3 is 0 Å². The quantitative estimate of drug-likeness (QED) is 0.0654. The molecule has 4 aromatic rings. The van der Waals surface area contributed by atoms with Crippen LogP contribution in [0.1, 0.15) is 24.0 Å². The minimum absolute atomic E-state index is 0.0235. The second-order valence-corrected chi connectivity index (χ2v) is 17.5. The van der Waals surface area contributed by atoms with Crippen molar-refractivity contribution in [2.24, 2.45) is 5.92 Å². The summed E-state index contributed by atoms with van der Waals surface area (Å²) in [6.45, 7) is 7.68. The van der Waals surface area contributed by atoms with Gasteiger partial charge in [0.2, 0.25) is 20.0 Å². The van der Waals surface area contributed by atoms with Crippen molar-refractivity contribution in [3.05, 3.63) is 202 Å². The molecular formula is C49H37N9O4S2. The van der Waals surface area contributed by atoms with Crippen LogP contribution in [0.15, 0.2) is 179 Å². The van der Waals surface area contributed by atoms with Crippen LogP contribution in [-0.4, -0.2) is 29.3 Å². The maximum atomic E-state index is 11.8. The van der Waals surface area contributed by atoms with Gasteiger partial charge in [-0.2, -0.15) is 21.0 Å². The van der Waals surface area contributed by atoms with Crippen LogP contribution in [0.3, 0.4) is 0 Å². The summed E-state index contributed by atoms with van der Waals surface area (Å²) in [6, 6.07) is 41.4. The van der Waals surface area contributed by atoms with Crippen molar-refractivity contribution in [3.8, 4) is 30.3 Å². The van der Waals surface area contributed by atoms with E-state index in [1.54, 1.807) is 12.2 Å². The minimum Gasteiger partial charge on any atom is -0.310 e. The fourth-order valence-corrected chi connectivity index (χ4v) is 7.94. The Morgan fingerprint density at radius 2 is 1.23 bits per heavy atom. The van der Waals surface area contributed by atoms with Gasteiger partial charge in [0.1, 0.15) is 0 Å². The highest BCUT2D eigenvalue weighted by molar-refractivity contribution is 7.92. The van der Waals surface area contributed by atoms with E-state index in [1.165, 1.54) is 60.7 Å². The molecule has 0 aliphatic heterocycles. The van der Waals surface area contributed by atoms with E-state index in [0.29, 0.717) is 24.0 Å². The molecule has 1 aliphatic carbocycles. The summed E-state index contributed by atoms with van der Waals surface area (Å²) in [5.41, 5.74) is 5.47. The highest BCUT2D eigenvalue weighted by atomic mass is 32.2. The molecule has 0 spiro atoms. The molecule has 0 atom stereocenters. The SMILES string of the molecule is [C-]#[N+]C(C#N)=C(C(C#N)=CC=CC1=C(N(c2ccccc2)c2ccccc2)C(=CC=CC(C#N)=C(c2ccc(NS(C)(=O)=O)cc2)C(C#N)C#N)CC1)c1ccc(NS(C)(=O)=O)cc1. The average molecular weight is 880 g/mol. The van der Waals surface area contributed by atoms with Crippen LogP contribution in [-0.2, 0) is 20.0 Å². The molecule has 13 nitrogen and oxygen atoms in total. The number of hydrogen-bond donors (Lipinski definition) is 2. The molecule has 314 valence electrons. The summed E-state index contributed by atoms with van der Waals surface area (Å²) >= 11 is 0. The zero-order chi connectivity index (χ0) is 46.3. The molecule has 2 N–H and O–H groups in total. The van der Waals surface area contributed by atoms with Crippen molar-refractivity contribution in [1.82, 2.24) is 0 Å². The maximum absolute atomic E-state index is 11.8. The topological polar surface area (TPSA) is 219 Å². The monoisotopic (exact) mass is 879 g/mol. The van der Waals surface area contributed by atoms with Crippen molar-refractivity contribution >= 4 is 53.9 Å². The van der Waals surface area contributed by atoms with Gasteiger partial charge in [-0.05, 0) is 95.8 Å². The van der Waals surface area contributed by atoms with Crippen LogP contribution in [0.2, 0.25) is 0 Å². The van der Waals surface area contributed by atoms with Crippen molar-refractivity contribution in [3.63, 3.8) is 0 Å². The first-order valence-corrected chi connectivity index (χ1v) is 22.9. The number of anilines is 4. The van der Waals surface area contributed by atoms with Gasteiger partial charge in [-0.25, -0.2) is 26.9 Å². The Morgan fingerprint density at radius 1 is 0.703 bits per heavy atom. The molecule has 0 fully saturated rings. The number of benzene rings is 4. The Balaban J connectivity index is 1.66. The van der Waals surface area contributed by atoms with Gasteiger partial charge in [0.25, 0.3) is 5.70 Å². The third kappa shape index (κ3) is 12.0. The lowest BCUT2D eigenvalue weighted by atomic mass is 9.90. The van der Waals surface area contributed by atoms with Gasteiger partial charge in [-0.1, -0.05) is 85.0 Å². The predicted molar refractivity (Wildman–Crippen MR) is 248 cm³/mol. The van der Waals surface area contributed by atoms with E-state index in [4.69, 9.17) is 6.57 Å². The fourth-order valence-electron chi connectivity index (χ4n) is 6.81. The first kappa shape index (κ1) is 46.4. The van der Waals surface area contributed by atoms with Gasteiger partial charge in [0, 0.05) is 33.9 Å². The summed E-state index contributed by atoms with van der Waals surface area (Å²) in [4.78, 5) is 5.46. The molecule has 0 aromatic heterocycles. The Morgan fingerprint density at radius 3 is 1.69 bits per heavy atom. The summed E-state index contributed by atoms with van der Waals surface area (Å²) in [5.74, 6) is -1.32. The lowest BCUT2D eigenvalue weighted by Crippen LogP contribution is -2.17. The van der Waals surface area contributed by atoms with Crippen LogP contribution < -0.4 is 14.3 Å². The van der Waals surface area contributed by atoms with Crippen LogP contribution in [0, 0.1) is 69.1 Å². The third-order valence-corrected chi connectivity index (χ3v) is 10.6. The molecule has 1 aliphatic rings. The number of nitriles is 5. The third-order valence-electron chi connectivity index (χ3n) is 9.42. The minimum atomic E-state index is -3.57. The standard InChI is InChI=1S/C49H37N9O4S2/c1-55-46(34-54)48(36-24-28-43(29-25-36)57-64(3,61)62)40(31-51)15-11-13-38-21-20-37(49(38)58(44-16-6-4-7-17-44)45-18-8-5-9-19-45)12-10-14-39(30-50)47(41(32-52)33-53)35-22-26-42(27-23-35)56-63(2,59)60/h4-19,22-29,41,56-57H,20-21H2,2-3H3. The highest BCUT2D eigenvalue weighted by Gasteiger charge is 2.26. The fraction of sp³-hybridized carbons (Fsp3) is 0.102. The number of nitrogens with zero attached hydrogens (tertiary/aromatic N) is 7. The zero-order valence-corrected chi connectivity index (χ0v) is 36.1. The van der Waals surface area contributed by atoms with E-state index in [0.717, 1.165) is 40.7 Å². The van der Waals surface area contributed by atoms with E-state index in [1.807, 2.05) is 91.0 Å². The Bertz CT molecular complexity index is 3070. The summed E-state index contributed by atoms with van der Waals surface area (Å²) in [6.07, 6.45) is 13.2. The number of para-hydroxylation sites is 2. The molecule has 0 heterocycles. The Hall–Kier alpha value is -8.70. The molecule has 0 radical (unpaired) electrons. The molecule has 4 aromatic carbocycles. The maximum Gasteiger partial charge on any atom is 0.270 e. The van der Waals surface area contributed by atoms with E-state index in [2.05, 4.69) is 31.3 Å². The van der Waals surface area contributed by atoms with Crippen LogP contribution in [0.25, 0.3) is 16.0 Å². The molecule has 64 heavy (non-hydrogen) atoms. The number of nitrogens with one attached hydrogen (secondary N) is 2. The van der Waals surface area contributed by atoms with Crippen LogP contribution >= 0.6 is 0 Å². The van der Waals surface area contributed by atoms with Crippen molar-refractivity contribution in [1.29, 1.82) is 26.3 Å². The molecule has 0 saturated carbocycles. The van der Waals surface area contributed by atoms with Gasteiger partial charge in [-0.3, -0.25) is 9.44 Å². The largest absolute Gasteiger partial charge is 0.310 e. The lowest BCUT2D eigenvalue weighted by Gasteiger charge is -2.28. The Labute approximate surface area is 373 Å². The molecule has 0 amide bonds. The second-order valence-electron chi connectivity index (χ2n) is 14.0. The number of sulfonamides is 2. The van der Waals surface area contributed by atoms with E-state index in [9.17, 15) is 43.1 Å². The molecule has 0 bridgehead atoms. The van der Waals surface area contributed by atoms with E-state index >= 15 is 0 Å². The summed E-state index contributed by atoms with van der Waals surface area (Å²) < 4.78 is 51.8. The van der Waals surface area contributed by atoms with Gasteiger partial charge in [0.05, 0.1) is 66.3 Å². The van der Waals surface area contributed by atoms with Crippen molar-refractivity contribution in [2.75, 3.05) is 26.9 Å². The molecule has 15 heteroatoms. The van der Waals surface area contributed by atoms with E-state index in [-0.39, 0.29) is 39.4 Å². The molecular weight excluding hydrogens is 843 g/mol. The first-order chi connectivity index (χ1) is 30.7. The number of hydrogen-bond acceptors (Lipinski definition) is 10. The normalized spacial score (nSPS) is 14.4. The van der Waals surface area contributed by atoms with Gasteiger partial charge in [-0.15, -0.1) is 0 Å². The zero-order valence-electron chi connectivity index (χ0n) is 34.4. The number of rotatable bonds is 15. The van der Waals surface area contributed by atoms with Crippen molar-refractivity contribution in [2.45, 2.75) is 12.8 Å². The van der Waals surface area contributed by atoms with Crippen LogP contribution in [0.4, 0.5) is 22.7 Å². The van der Waals surface area contributed by atoms with Gasteiger partial charge < -0.3 is 4.90 Å². The molecule has 0 saturated heterocycles. The van der Waals surface area contributed by atoms with Crippen molar-refractivity contribution < 1.29 is 16.8 Å². The smallest absolute Gasteiger partial charge is 0.270 e. The van der Waals surface area contributed by atoms with E-state index < -0.39 is 26.0 Å². The average Bonchev–Trinajstić information content (AvgIpc) is 3.67. The Kier molecular flexibility index (Phi) is 15.4. The number of allylic oxidation sites excluding steroid dienone is 13. The summed E-state index contributed by atoms with van der Waals surface area (Å²) in [7, 11) is -7.13. The van der Waals surface area contributed by atoms with Gasteiger partial charge in [0.15, 0.2) is 5.92 Å². The lowest BCUT2D eigenvalue weighted by molar-refractivity contribution is 0.605. The predicted octanol–water partition coefficient (Wildman–Crippen LogP) is 9.60. The highest BCUT2D eigenvalue weighted by Crippen LogP contribution is 2.42. The van der Waals surface area contributed by atoms with Crippen LogP contribution in [0.5, 0.6) is 0 Å². The second kappa shape index (κ2) is 21.2. The summed E-state index contributed by atoms with van der Waals surface area (Å²) in [5, 5.41) is 50.4.